The maximum absolute atomic E-state index is 13.8. The number of rotatable bonds is 2. The number of hydrogen-bond acceptors (Lipinski definition) is 6. The molecule has 7 nitrogen and oxygen atoms in total. The van der Waals surface area contributed by atoms with E-state index in [9.17, 15) is 4.79 Å². The Morgan fingerprint density at radius 2 is 2.14 bits per heavy atom. The van der Waals surface area contributed by atoms with Crippen LogP contribution in [0.1, 0.15) is 25.3 Å². The largest absolute Gasteiger partial charge is 0.497 e. The number of fused-ring (bicyclic) bond motifs is 2. The molecule has 7 atom stereocenters. The van der Waals surface area contributed by atoms with E-state index in [4.69, 9.17) is 19.0 Å². The molecule has 0 radical (unpaired) electrons. The summed E-state index contributed by atoms with van der Waals surface area (Å²) < 4.78 is 17.9. The molecule has 7 rings (SSSR count). The van der Waals surface area contributed by atoms with Crippen molar-refractivity contribution >= 4 is 11.6 Å². The first-order valence-electron chi connectivity index (χ1n) is 10.1. The molecule has 4 saturated heterocycles. The number of nitrogens with zero attached hydrogens (tertiary/aromatic N) is 1. The minimum absolute atomic E-state index is 0.0305. The van der Waals surface area contributed by atoms with E-state index in [1.165, 1.54) is 5.06 Å². The minimum atomic E-state index is -0.734. The number of carbonyl (C=O) groups excluding carboxylic acids is 1. The molecule has 5 fully saturated rings. The van der Waals surface area contributed by atoms with Crippen molar-refractivity contribution in [3.05, 3.63) is 23.8 Å². The molecule has 7 heteroatoms. The molecule has 4 bridgehead atoms. The van der Waals surface area contributed by atoms with Crippen molar-refractivity contribution in [2.24, 2.45) is 11.8 Å². The molecule has 1 aromatic rings. The second-order valence-corrected chi connectivity index (χ2v) is 8.87. The van der Waals surface area contributed by atoms with Crippen LogP contribution in [0.25, 0.3) is 0 Å². The van der Waals surface area contributed by atoms with Gasteiger partial charge in [-0.1, -0.05) is 6.07 Å². The van der Waals surface area contributed by atoms with Gasteiger partial charge in [0, 0.05) is 30.5 Å². The van der Waals surface area contributed by atoms with Gasteiger partial charge in [0.15, 0.2) is 0 Å². The maximum atomic E-state index is 13.8. The van der Waals surface area contributed by atoms with Crippen molar-refractivity contribution < 1.29 is 23.8 Å². The van der Waals surface area contributed by atoms with E-state index >= 15 is 0 Å². The van der Waals surface area contributed by atoms with Gasteiger partial charge in [-0.15, -0.1) is 0 Å². The second kappa shape index (κ2) is 5.48. The molecule has 28 heavy (non-hydrogen) atoms. The number of anilines is 1. The van der Waals surface area contributed by atoms with Crippen molar-refractivity contribution in [1.82, 2.24) is 5.32 Å². The fraction of sp³-hybridized carbons (Fsp3) is 0.667. The Labute approximate surface area is 164 Å². The standard InChI is InChI=1S/C21H26N2O5/c1-11-21(28-11)10-22-16-8-20(18-7-15(21)13(16)9-27-18)14-5-4-12(25-2)6-17(14)23(26-3)19(20)24/h4-6,11,13,15-16,18,22H,7-10H2,1-3H3/t11-,13+,15-,16+,18-,20+,21+/m1/s1. The zero-order valence-corrected chi connectivity index (χ0v) is 16.4. The van der Waals surface area contributed by atoms with Gasteiger partial charge in [-0.25, -0.2) is 0 Å². The van der Waals surface area contributed by atoms with Gasteiger partial charge < -0.3 is 19.5 Å². The van der Waals surface area contributed by atoms with Crippen molar-refractivity contribution in [1.29, 1.82) is 0 Å². The monoisotopic (exact) mass is 386 g/mol. The molecular weight excluding hydrogens is 360 g/mol. The van der Waals surface area contributed by atoms with Crippen LogP contribution in [0.15, 0.2) is 18.2 Å². The molecule has 5 heterocycles. The van der Waals surface area contributed by atoms with E-state index in [-0.39, 0.29) is 29.8 Å². The van der Waals surface area contributed by atoms with E-state index in [1.807, 2.05) is 18.2 Å². The molecule has 1 amide bonds. The summed E-state index contributed by atoms with van der Waals surface area (Å²) in [6.45, 7) is 3.70. The zero-order chi connectivity index (χ0) is 19.3. The van der Waals surface area contributed by atoms with Crippen LogP contribution in [0, 0.1) is 11.8 Å². The SMILES string of the molecule is COc1ccc2c(c1)N(OC)C(=O)[C@@]21C[C@@H]2NC[C@@]3(O[C@@H]3C)[C@@H]3C[C@H]1OC[C@H]23. The first-order chi connectivity index (χ1) is 13.5. The van der Waals surface area contributed by atoms with Gasteiger partial charge in [-0.2, -0.15) is 5.06 Å². The summed E-state index contributed by atoms with van der Waals surface area (Å²) in [6, 6.07) is 6.06. The van der Waals surface area contributed by atoms with E-state index < -0.39 is 5.41 Å². The number of ether oxygens (including phenoxy) is 3. The highest BCUT2D eigenvalue weighted by atomic mass is 16.7. The third kappa shape index (κ3) is 1.86. The van der Waals surface area contributed by atoms with Gasteiger partial charge in [-0.3, -0.25) is 9.63 Å². The Morgan fingerprint density at radius 1 is 1.32 bits per heavy atom. The molecule has 6 aliphatic rings. The van der Waals surface area contributed by atoms with E-state index in [0.29, 0.717) is 24.2 Å². The van der Waals surface area contributed by atoms with Gasteiger partial charge in [0.25, 0.3) is 5.91 Å². The van der Waals surface area contributed by atoms with Gasteiger partial charge >= 0.3 is 0 Å². The van der Waals surface area contributed by atoms with Crippen molar-refractivity contribution in [2.75, 3.05) is 32.4 Å². The van der Waals surface area contributed by atoms with Crippen molar-refractivity contribution in [3.8, 4) is 5.75 Å². The van der Waals surface area contributed by atoms with E-state index in [0.717, 1.165) is 30.6 Å². The molecule has 0 aromatic heterocycles. The zero-order valence-electron chi connectivity index (χ0n) is 16.4. The molecule has 1 saturated carbocycles. The van der Waals surface area contributed by atoms with Crippen LogP contribution in [0.4, 0.5) is 5.69 Å². The number of epoxide rings is 1. The second-order valence-electron chi connectivity index (χ2n) is 8.87. The number of carbonyl (C=O) groups is 1. The van der Waals surface area contributed by atoms with E-state index in [1.54, 1.807) is 14.2 Å². The van der Waals surface area contributed by atoms with Crippen molar-refractivity contribution in [2.45, 2.75) is 49.0 Å². The summed E-state index contributed by atoms with van der Waals surface area (Å²) in [4.78, 5) is 19.3. The Bertz CT molecular complexity index is 861. The van der Waals surface area contributed by atoms with Crippen LogP contribution in [0.5, 0.6) is 5.75 Å². The molecule has 1 aliphatic carbocycles. The number of hydroxylamine groups is 1. The average Bonchev–Trinajstić information content (AvgIpc) is 3.36. The quantitative estimate of drug-likeness (QED) is 0.775. The summed E-state index contributed by atoms with van der Waals surface area (Å²) in [5, 5.41) is 5.14. The number of nitrogens with one attached hydrogen (secondary N) is 1. The molecule has 0 unspecified atom stereocenters. The van der Waals surface area contributed by atoms with Gasteiger partial charge in [0.2, 0.25) is 0 Å². The molecular formula is C21H26N2O5. The number of piperidine rings is 1. The number of benzene rings is 1. The molecule has 5 aliphatic heterocycles. The number of hydrogen-bond donors (Lipinski definition) is 1. The summed E-state index contributed by atoms with van der Waals surface area (Å²) >= 11 is 0. The highest BCUT2D eigenvalue weighted by Gasteiger charge is 2.70. The molecule has 2 spiro atoms. The smallest absolute Gasteiger partial charge is 0.264 e. The molecule has 1 N–H and O–H groups in total. The van der Waals surface area contributed by atoms with Crippen LogP contribution in [0.3, 0.4) is 0 Å². The predicted molar refractivity (Wildman–Crippen MR) is 100 cm³/mol. The summed E-state index contributed by atoms with van der Waals surface area (Å²) in [7, 11) is 3.17. The third-order valence-electron chi connectivity index (χ3n) is 8.03. The maximum Gasteiger partial charge on any atom is 0.264 e. The lowest BCUT2D eigenvalue weighted by molar-refractivity contribution is -0.139. The Kier molecular flexibility index (Phi) is 3.37. The highest BCUT2D eigenvalue weighted by molar-refractivity contribution is 6.07. The molecule has 1 aromatic carbocycles. The van der Waals surface area contributed by atoms with Crippen LogP contribution in [-0.2, 0) is 24.5 Å². The lowest BCUT2D eigenvalue weighted by Gasteiger charge is -2.44. The van der Waals surface area contributed by atoms with Crippen LogP contribution in [-0.4, -0.2) is 57.1 Å². The Hall–Kier alpha value is -1.67. The minimum Gasteiger partial charge on any atom is -0.497 e. The predicted octanol–water partition coefficient (Wildman–Crippen LogP) is 1.40. The lowest BCUT2D eigenvalue weighted by Crippen LogP contribution is -2.58. The topological polar surface area (TPSA) is 72.6 Å². The summed E-state index contributed by atoms with van der Waals surface area (Å²) in [5.41, 5.74) is 0.933. The Balaban J connectivity index is 1.50. The first-order valence-corrected chi connectivity index (χ1v) is 10.1. The molecule has 150 valence electrons. The Morgan fingerprint density at radius 3 is 2.86 bits per heavy atom. The van der Waals surface area contributed by atoms with E-state index in [2.05, 4.69) is 12.2 Å². The third-order valence-corrected chi connectivity index (χ3v) is 8.03. The highest BCUT2D eigenvalue weighted by Crippen LogP contribution is 2.60. The van der Waals surface area contributed by atoms with Gasteiger partial charge in [0.1, 0.15) is 16.8 Å². The van der Waals surface area contributed by atoms with Crippen molar-refractivity contribution in [3.63, 3.8) is 0 Å². The fourth-order valence-electron chi connectivity index (χ4n) is 6.54. The van der Waals surface area contributed by atoms with Gasteiger partial charge in [-0.05, 0) is 31.4 Å². The number of methoxy groups -OCH3 is 1. The van der Waals surface area contributed by atoms with Crippen LogP contribution >= 0.6 is 0 Å². The number of amides is 1. The summed E-state index contributed by atoms with van der Waals surface area (Å²) in [6.07, 6.45) is 1.67. The van der Waals surface area contributed by atoms with Crippen LogP contribution in [0.2, 0.25) is 0 Å². The fourth-order valence-corrected chi connectivity index (χ4v) is 6.54. The summed E-state index contributed by atoms with van der Waals surface area (Å²) in [5.74, 6) is 1.48. The average molecular weight is 386 g/mol. The first kappa shape index (κ1) is 17.2. The lowest BCUT2D eigenvalue weighted by atomic mass is 9.70. The van der Waals surface area contributed by atoms with Crippen LogP contribution < -0.4 is 15.1 Å². The normalized spacial score (nSPS) is 45.5. The van der Waals surface area contributed by atoms with Gasteiger partial charge in [0.05, 0.1) is 38.7 Å².